The number of carbonyl (C=O) groups is 2. The second-order valence-corrected chi connectivity index (χ2v) is 7.92. The van der Waals surface area contributed by atoms with Gasteiger partial charge in [0.2, 0.25) is 5.91 Å². The van der Waals surface area contributed by atoms with Crippen LogP contribution in [0.5, 0.6) is 17.2 Å². The summed E-state index contributed by atoms with van der Waals surface area (Å²) in [6.07, 6.45) is 2.39. The average Bonchev–Trinajstić information content (AvgIpc) is 2.82. The lowest BCUT2D eigenvalue weighted by atomic mass is 10.1. The fourth-order valence-electron chi connectivity index (χ4n) is 3.53. The number of hydrogen-bond acceptors (Lipinski definition) is 5. The summed E-state index contributed by atoms with van der Waals surface area (Å²) in [4.78, 5) is 27.8. The van der Waals surface area contributed by atoms with Crippen LogP contribution < -0.4 is 19.5 Å². The van der Waals surface area contributed by atoms with Crippen LogP contribution in [-0.2, 0) is 16.1 Å². The van der Waals surface area contributed by atoms with E-state index >= 15 is 0 Å². The highest BCUT2D eigenvalue weighted by Crippen LogP contribution is 2.27. The molecule has 7 nitrogen and oxygen atoms in total. The van der Waals surface area contributed by atoms with Gasteiger partial charge in [-0.1, -0.05) is 50.1 Å². The van der Waals surface area contributed by atoms with Crippen LogP contribution in [0.2, 0.25) is 0 Å². The molecule has 1 atom stereocenters. The van der Waals surface area contributed by atoms with Crippen LogP contribution >= 0.6 is 0 Å². The highest BCUT2D eigenvalue weighted by molar-refractivity contribution is 5.88. The first-order valence-corrected chi connectivity index (χ1v) is 11.4. The maximum Gasteiger partial charge on any atom is 0.261 e. The zero-order chi connectivity index (χ0) is 24.2. The van der Waals surface area contributed by atoms with Gasteiger partial charge in [0.1, 0.15) is 23.3 Å². The van der Waals surface area contributed by atoms with Gasteiger partial charge >= 0.3 is 0 Å². The molecule has 2 aromatic carbocycles. The van der Waals surface area contributed by atoms with Crippen LogP contribution in [0.3, 0.4) is 0 Å². The molecule has 0 aliphatic heterocycles. The van der Waals surface area contributed by atoms with Crippen molar-refractivity contribution >= 4 is 11.8 Å². The molecule has 2 amide bonds. The van der Waals surface area contributed by atoms with Gasteiger partial charge in [-0.25, -0.2) is 0 Å². The Morgan fingerprint density at radius 2 is 1.67 bits per heavy atom. The first-order valence-electron chi connectivity index (χ1n) is 11.4. The molecule has 0 aromatic heterocycles. The van der Waals surface area contributed by atoms with Crippen molar-refractivity contribution in [1.82, 2.24) is 10.2 Å². The second-order valence-electron chi connectivity index (χ2n) is 7.92. The molecule has 1 N–H and O–H groups in total. The van der Waals surface area contributed by atoms with Crippen molar-refractivity contribution < 1.29 is 23.8 Å². The molecule has 180 valence electrons. The van der Waals surface area contributed by atoms with Crippen LogP contribution in [0.4, 0.5) is 0 Å². The standard InChI is InChI=1S/C26H36N2O5/c1-6-8-12-27-26(30)24(7-2)28(17-20-11-9-10-19(3)13-20)25(29)18-33-23-15-21(31-4)14-22(16-23)32-5/h9-11,13-16,24H,6-8,12,17-18H2,1-5H3,(H,27,30)/t24-/m0/s1. The lowest BCUT2D eigenvalue weighted by molar-refractivity contribution is -0.143. The van der Waals surface area contributed by atoms with E-state index in [4.69, 9.17) is 14.2 Å². The molecule has 0 bridgehead atoms. The molecule has 2 rings (SSSR count). The third-order valence-electron chi connectivity index (χ3n) is 5.34. The van der Waals surface area contributed by atoms with Crippen molar-refractivity contribution in [2.75, 3.05) is 27.4 Å². The van der Waals surface area contributed by atoms with E-state index in [0.717, 1.165) is 24.0 Å². The Bertz CT molecular complexity index is 893. The van der Waals surface area contributed by atoms with Crippen LogP contribution in [0.15, 0.2) is 42.5 Å². The van der Waals surface area contributed by atoms with Gasteiger partial charge in [-0.3, -0.25) is 9.59 Å². The monoisotopic (exact) mass is 456 g/mol. The molecule has 0 heterocycles. The number of nitrogens with one attached hydrogen (secondary N) is 1. The highest BCUT2D eigenvalue weighted by Gasteiger charge is 2.29. The van der Waals surface area contributed by atoms with Crippen molar-refractivity contribution in [1.29, 1.82) is 0 Å². The summed E-state index contributed by atoms with van der Waals surface area (Å²) in [6.45, 7) is 6.70. The van der Waals surface area contributed by atoms with E-state index in [1.54, 1.807) is 37.3 Å². The number of rotatable bonds is 13. The molecule has 0 unspecified atom stereocenters. The van der Waals surface area contributed by atoms with E-state index in [1.165, 1.54) is 0 Å². The normalized spacial score (nSPS) is 11.4. The molecule has 0 aliphatic carbocycles. The zero-order valence-electron chi connectivity index (χ0n) is 20.3. The molecule has 0 saturated heterocycles. The van der Waals surface area contributed by atoms with Crippen LogP contribution in [-0.4, -0.2) is 50.1 Å². The summed E-state index contributed by atoms with van der Waals surface area (Å²) in [5.74, 6) is 1.17. The molecular weight excluding hydrogens is 420 g/mol. The molecule has 0 radical (unpaired) electrons. The number of methoxy groups -OCH3 is 2. The van der Waals surface area contributed by atoms with Crippen molar-refractivity contribution in [3.63, 3.8) is 0 Å². The van der Waals surface area contributed by atoms with Gasteiger partial charge < -0.3 is 24.4 Å². The van der Waals surface area contributed by atoms with Gasteiger partial charge in [0.25, 0.3) is 5.91 Å². The number of benzene rings is 2. The molecule has 7 heteroatoms. The van der Waals surface area contributed by atoms with E-state index in [-0.39, 0.29) is 18.4 Å². The SMILES string of the molecule is CCCCNC(=O)[C@H](CC)N(Cc1cccc(C)c1)C(=O)COc1cc(OC)cc(OC)c1. The molecule has 0 aliphatic rings. The summed E-state index contributed by atoms with van der Waals surface area (Å²) in [5.41, 5.74) is 2.06. The van der Waals surface area contributed by atoms with Crippen molar-refractivity contribution in [3.05, 3.63) is 53.6 Å². The molecule has 0 saturated carbocycles. The maximum atomic E-state index is 13.3. The van der Waals surface area contributed by atoms with E-state index in [9.17, 15) is 9.59 Å². The van der Waals surface area contributed by atoms with Gasteiger partial charge in [-0.05, 0) is 25.3 Å². The fourth-order valence-corrected chi connectivity index (χ4v) is 3.53. The molecule has 0 fully saturated rings. The summed E-state index contributed by atoms with van der Waals surface area (Å²) in [7, 11) is 3.10. The van der Waals surface area contributed by atoms with E-state index in [1.807, 2.05) is 38.1 Å². The topological polar surface area (TPSA) is 77.1 Å². The Labute approximate surface area is 197 Å². The molecular formula is C26H36N2O5. The second kappa shape index (κ2) is 13.4. The first kappa shape index (κ1) is 26.0. The number of ether oxygens (including phenoxy) is 3. The number of amides is 2. The Hall–Kier alpha value is -3.22. The largest absolute Gasteiger partial charge is 0.496 e. The van der Waals surface area contributed by atoms with Crippen LogP contribution in [0.1, 0.15) is 44.2 Å². The van der Waals surface area contributed by atoms with Crippen molar-refractivity contribution in [2.24, 2.45) is 0 Å². The minimum Gasteiger partial charge on any atom is -0.496 e. The minimum absolute atomic E-state index is 0.144. The number of hydrogen-bond donors (Lipinski definition) is 1. The molecule has 33 heavy (non-hydrogen) atoms. The predicted octanol–water partition coefficient (Wildman–Crippen LogP) is 4.11. The van der Waals surface area contributed by atoms with Gasteiger partial charge in [0.05, 0.1) is 14.2 Å². The van der Waals surface area contributed by atoms with Crippen molar-refractivity contribution in [2.45, 2.75) is 52.6 Å². The Morgan fingerprint density at radius 3 is 2.24 bits per heavy atom. The maximum absolute atomic E-state index is 13.3. The number of unbranched alkanes of at least 4 members (excludes halogenated alkanes) is 1. The van der Waals surface area contributed by atoms with E-state index in [0.29, 0.717) is 36.8 Å². The van der Waals surface area contributed by atoms with Crippen LogP contribution in [0, 0.1) is 6.92 Å². The van der Waals surface area contributed by atoms with Gasteiger partial charge in [-0.15, -0.1) is 0 Å². The Balaban J connectivity index is 2.22. The predicted molar refractivity (Wildman–Crippen MR) is 129 cm³/mol. The Kier molecular flexibility index (Phi) is 10.5. The third kappa shape index (κ3) is 8.00. The summed E-state index contributed by atoms with van der Waals surface area (Å²) >= 11 is 0. The minimum atomic E-state index is -0.585. The fraction of sp³-hybridized carbons (Fsp3) is 0.462. The number of aryl methyl sites for hydroxylation is 1. The number of carbonyl (C=O) groups excluding carboxylic acids is 2. The lowest BCUT2D eigenvalue weighted by Gasteiger charge is -2.30. The summed E-state index contributed by atoms with van der Waals surface area (Å²) < 4.78 is 16.3. The Morgan fingerprint density at radius 1 is 1.00 bits per heavy atom. The molecule has 2 aromatic rings. The summed E-state index contributed by atoms with van der Waals surface area (Å²) in [5, 5.41) is 2.96. The third-order valence-corrected chi connectivity index (χ3v) is 5.34. The van der Waals surface area contributed by atoms with Gasteiger partial charge in [0, 0.05) is 31.3 Å². The van der Waals surface area contributed by atoms with Crippen molar-refractivity contribution in [3.8, 4) is 17.2 Å². The van der Waals surface area contributed by atoms with Crippen LogP contribution in [0.25, 0.3) is 0 Å². The average molecular weight is 457 g/mol. The number of nitrogens with zero attached hydrogens (tertiary/aromatic N) is 1. The van der Waals surface area contributed by atoms with E-state index < -0.39 is 6.04 Å². The summed E-state index contributed by atoms with van der Waals surface area (Å²) in [6, 6.07) is 12.5. The zero-order valence-corrected chi connectivity index (χ0v) is 20.3. The quantitative estimate of drug-likeness (QED) is 0.459. The smallest absolute Gasteiger partial charge is 0.261 e. The van der Waals surface area contributed by atoms with Gasteiger partial charge in [0.15, 0.2) is 6.61 Å². The van der Waals surface area contributed by atoms with Gasteiger partial charge in [-0.2, -0.15) is 0 Å². The molecule has 0 spiro atoms. The highest BCUT2D eigenvalue weighted by atomic mass is 16.5. The lowest BCUT2D eigenvalue weighted by Crippen LogP contribution is -2.50. The van der Waals surface area contributed by atoms with E-state index in [2.05, 4.69) is 12.2 Å². The first-order chi connectivity index (χ1) is 15.9.